The Bertz CT molecular complexity index is 2870. The Morgan fingerprint density at radius 3 is 1.78 bits per heavy atom. The summed E-state index contributed by atoms with van der Waals surface area (Å²) < 4.78 is 6.66. The van der Waals surface area contributed by atoms with E-state index < -0.39 is 0 Å². The molecule has 9 aromatic carbocycles. The summed E-state index contributed by atoms with van der Waals surface area (Å²) in [6.07, 6.45) is 0. The fourth-order valence-corrected chi connectivity index (χ4v) is 7.62. The molecule has 0 saturated carbocycles. The van der Waals surface area contributed by atoms with Crippen molar-refractivity contribution in [2.45, 2.75) is 0 Å². The van der Waals surface area contributed by atoms with E-state index in [0.717, 1.165) is 44.4 Å². The van der Waals surface area contributed by atoms with E-state index in [9.17, 15) is 0 Å². The minimum atomic E-state index is 0.877. The van der Waals surface area contributed by atoms with Crippen molar-refractivity contribution in [3.05, 3.63) is 188 Å². The first-order valence-electron chi connectivity index (χ1n) is 17.1. The normalized spacial score (nSPS) is 11.6. The first kappa shape index (κ1) is 28.4. The molecule has 0 aliphatic heterocycles. The third-order valence-electron chi connectivity index (χ3n) is 10.0. The summed E-state index contributed by atoms with van der Waals surface area (Å²) in [4.78, 5) is 2.37. The van der Waals surface area contributed by atoms with Crippen LogP contribution in [0, 0.1) is 0 Å². The van der Waals surface area contributed by atoms with E-state index >= 15 is 0 Å². The number of nitrogens with zero attached hydrogens (tertiary/aromatic N) is 1. The van der Waals surface area contributed by atoms with Crippen molar-refractivity contribution in [1.82, 2.24) is 0 Å². The van der Waals surface area contributed by atoms with Crippen molar-refractivity contribution in [2.75, 3.05) is 4.90 Å². The number of hydrogen-bond donors (Lipinski definition) is 0. The highest BCUT2D eigenvalue weighted by molar-refractivity contribution is 6.19. The van der Waals surface area contributed by atoms with Crippen molar-refractivity contribution in [1.29, 1.82) is 0 Å². The van der Waals surface area contributed by atoms with E-state index in [1.807, 2.05) is 0 Å². The second kappa shape index (κ2) is 11.5. The average molecular weight is 638 g/mol. The molecule has 0 N–H and O–H groups in total. The SMILES string of the molecule is c1ccc(-c2cccc(N(c3ccc4c(ccc5ccccc54)c3)c3ccc4oc5c6ccccc6c(-c6ccccc6)cc5c4c3)c2)cc1. The van der Waals surface area contributed by atoms with Crippen molar-refractivity contribution in [3.8, 4) is 22.3 Å². The molecule has 2 heteroatoms. The van der Waals surface area contributed by atoms with Gasteiger partial charge in [-0.3, -0.25) is 0 Å². The van der Waals surface area contributed by atoms with E-state index in [1.54, 1.807) is 0 Å². The maximum absolute atomic E-state index is 6.66. The lowest BCUT2D eigenvalue weighted by atomic mass is 9.95. The molecule has 0 spiro atoms. The fraction of sp³-hybridized carbons (Fsp3) is 0. The minimum absolute atomic E-state index is 0.877. The smallest absolute Gasteiger partial charge is 0.143 e. The summed E-state index contributed by atoms with van der Waals surface area (Å²) in [6, 6.07) is 67.5. The molecule has 50 heavy (non-hydrogen) atoms. The highest BCUT2D eigenvalue weighted by atomic mass is 16.3. The van der Waals surface area contributed by atoms with Gasteiger partial charge in [-0.05, 0) is 97.7 Å². The van der Waals surface area contributed by atoms with Crippen LogP contribution in [0.5, 0.6) is 0 Å². The highest BCUT2D eigenvalue weighted by Crippen LogP contribution is 2.44. The highest BCUT2D eigenvalue weighted by Gasteiger charge is 2.19. The molecule has 0 unspecified atom stereocenters. The third-order valence-corrected chi connectivity index (χ3v) is 10.0. The second-order valence-corrected chi connectivity index (χ2v) is 12.9. The molecule has 1 aromatic heterocycles. The predicted octanol–water partition coefficient (Wildman–Crippen LogP) is 13.8. The number of furan rings is 1. The maximum Gasteiger partial charge on any atom is 0.143 e. The Kier molecular flexibility index (Phi) is 6.53. The van der Waals surface area contributed by atoms with Crippen LogP contribution in [0.2, 0.25) is 0 Å². The zero-order valence-electron chi connectivity index (χ0n) is 27.3. The van der Waals surface area contributed by atoms with Crippen LogP contribution in [0.25, 0.3) is 76.5 Å². The quantitative estimate of drug-likeness (QED) is 0.175. The predicted molar refractivity (Wildman–Crippen MR) is 212 cm³/mol. The molecule has 10 aromatic rings. The van der Waals surface area contributed by atoms with Crippen molar-refractivity contribution in [2.24, 2.45) is 0 Å². The van der Waals surface area contributed by atoms with E-state index in [4.69, 9.17) is 4.42 Å². The lowest BCUT2D eigenvalue weighted by Crippen LogP contribution is -2.10. The van der Waals surface area contributed by atoms with Crippen LogP contribution in [0.1, 0.15) is 0 Å². The van der Waals surface area contributed by atoms with Crippen LogP contribution >= 0.6 is 0 Å². The van der Waals surface area contributed by atoms with E-state index in [2.05, 4.69) is 193 Å². The molecule has 0 fully saturated rings. The topological polar surface area (TPSA) is 16.4 Å². The van der Waals surface area contributed by atoms with E-state index in [1.165, 1.54) is 49.2 Å². The van der Waals surface area contributed by atoms with Crippen LogP contribution in [0.4, 0.5) is 17.1 Å². The van der Waals surface area contributed by atoms with E-state index in [-0.39, 0.29) is 0 Å². The van der Waals surface area contributed by atoms with Gasteiger partial charge in [0.1, 0.15) is 11.2 Å². The second-order valence-electron chi connectivity index (χ2n) is 12.9. The number of rotatable bonds is 5. The van der Waals surface area contributed by atoms with Gasteiger partial charge in [0.05, 0.1) is 0 Å². The van der Waals surface area contributed by atoms with Gasteiger partial charge in [-0.2, -0.15) is 0 Å². The van der Waals surface area contributed by atoms with Crippen molar-refractivity contribution in [3.63, 3.8) is 0 Å². The monoisotopic (exact) mass is 637 g/mol. The van der Waals surface area contributed by atoms with Gasteiger partial charge in [-0.1, -0.05) is 140 Å². The van der Waals surface area contributed by atoms with Gasteiger partial charge < -0.3 is 9.32 Å². The number of hydrogen-bond acceptors (Lipinski definition) is 2. The van der Waals surface area contributed by atoms with Crippen molar-refractivity contribution < 1.29 is 4.42 Å². The zero-order valence-corrected chi connectivity index (χ0v) is 27.3. The van der Waals surface area contributed by atoms with Gasteiger partial charge in [0.15, 0.2) is 0 Å². The maximum atomic E-state index is 6.66. The molecule has 0 radical (unpaired) electrons. The molecule has 10 rings (SSSR count). The van der Waals surface area contributed by atoms with Crippen LogP contribution in [0.3, 0.4) is 0 Å². The van der Waals surface area contributed by atoms with Gasteiger partial charge in [-0.25, -0.2) is 0 Å². The molecule has 0 bridgehead atoms. The summed E-state index contributed by atoms with van der Waals surface area (Å²) >= 11 is 0. The van der Waals surface area contributed by atoms with Gasteiger partial charge >= 0.3 is 0 Å². The fourth-order valence-electron chi connectivity index (χ4n) is 7.62. The summed E-state index contributed by atoms with van der Waals surface area (Å²) in [6.45, 7) is 0. The minimum Gasteiger partial charge on any atom is -0.455 e. The Morgan fingerprint density at radius 2 is 0.940 bits per heavy atom. The molecule has 2 nitrogen and oxygen atoms in total. The Labute approximate surface area is 290 Å². The molecular weight excluding hydrogens is 607 g/mol. The van der Waals surface area contributed by atoms with Gasteiger partial charge in [0, 0.05) is 33.2 Å². The molecule has 234 valence electrons. The number of fused-ring (bicyclic) bond motifs is 8. The molecule has 0 atom stereocenters. The lowest BCUT2D eigenvalue weighted by Gasteiger charge is -2.26. The number of benzene rings is 9. The zero-order chi connectivity index (χ0) is 33.0. The first-order valence-corrected chi connectivity index (χ1v) is 17.1. The van der Waals surface area contributed by atoms with Crippen molar-refractivity contribution >= 4 is 71.3 Å². The summed E-state index contributed by atoms with van der Waals surface area (Å²) in [7, 11) is 0. The summed E-state index contributed by atoms with van der Waals surface area (Å²) in [5.41, 5.74) is 9.82. The number of anilines is 3. The summed E-state index contributed by atoms with van der Waals surface area (Å²) in [5, 5.41) is 9.49. The Hall–Kier alpha value is -6.64. The van der Waals surface area contributed by atoms with Gasteiger partial charge in [0.25, 0.3) is 0 Å². The van der Waals surface area contributed by atoms with Gasteiger partial charge in [0.2, 0.25) is 0 Å². The Balaban J connectivity index is 1.21. The molecular formula is C48H31NO. The lowest BCUT2D eigenvalue weighted by molar-refractivity contribution is 0.672. The van der Waals surface area contributed by atoms with E-state index in [0.29, 0.717) is 0 Å². The molecule has 1 heterocycles. The third kappa shape index (κ3) is 4.65. The largest absolute Gasteiger partial charge is 0.455 e. The Morgan fingerprint density at radius 1 is 0.320 bits per heavy atom. The van der Waals surface area contributed by atoms with Crippen LogP contribution in [-0.2, 0) is 0 Å². The first-order chi connectivity index (χ1) is 24.8. The molecule has 0 saturated heterocycles. The molecule has 0 aliphatic rings. The molecule has 0 amide bonds. The average Bonchev–Trinajstić information content (AvgIpc) is 3.56. The van der Waals surface area contributed by atoms with Gasteiger partial charge in [-0.15, -0.1) is 0 Å². The van der Waals surface area contributed by atoms with Crippen LogP contribution < -0.4 is 4.90 Å². The van der Waals surface area contributed by atoms with Crippen LogP contribution in [-0.4, -0.2) is 0 Å². The molecule has 0 aliphatic carbocycles. The summed E-state index contributed by atoms with van der Waals surface area (Å²) in [5.74, 6) is 0. The standard InChI is InChI=1S/C48H31NO/c1-3-12-32(13-4-1)35-17-11-18-37(28-35)49(38-24-26-41-36(29-38)23-22-34-16-7-8-19-40(34)41)39-25-27-47-45(30-39)46-31-44(33-14-5-2-6-15-33)42-20-9-10-21-43(42)48(46)50-47/h1-31H. The van der Waals surface area contributed by atoms with Crippen LogP contribution in [0.15, 0.2) is 192 Å².